The summed E-state index contributed by atoms with van der Waals surface area (Å²) in [4.78, 5) is 18.1. The number of carbonyl (C=O) groups excluding carboxylic acids is 1. The first-order valence-corrected chi connectivity index (χ1v) is 7.89. The molecule has 0 atom stereocenters. The summed E-state index contributed by atoms with van der Waals surface area (Å²) in [6.07, 6.45) is 2.14. The zero-order valence-corrected chi connectivity index (χ0v) is 13.8. The summed E-state index contributed by atoms with van der Waals surface area (Å²) in [6, 6.07) is 6.26. The highest BCUT2D eigenvalue weighted by Crippen LogP contribution is 2.20. The summed E-state index contributed by atoms with van der Waals surface area (Å²) in [6.45, 7) is 4.53. The minimum Gasteiger partial charge on any atom is -0.345 e. The molecule has 0 aliphatic carbocycles. The van der Waals surface area contributed by atoms with Gasteiger partial charge in [-0.3, -0.25) is 4.79 Å². The molecular weight excluding hydrogens is 297 g/mol. The van der Waals surface area contributed by atoms with Crippen LogP contribution in [0.15, 0.2) is 28.8 Å². The monoisotopic (exact) mass is 319 g/mol. The summed E-state index contributed by atoms with van der Waals surface area (Å²) in [5.74, 6) is 0.412. The van der Waals surface area contributed by atoms with Crippen molar-refractivity contribution in [2.75, 3.05) is 13.6 Å². The van der Waals surface area contributed by atoms with Gasteiger partial charge in [-0.1, -0.05) is 31.1 Å². The van der Waals surface area contributed by atoms with Crippen LogP contribution in [-0.2, 0) is 11.2 Å². The molecule has 0 aliphatic rings. The number of hydrogen-bond acceptors (Lipinski definition) is 4. The number of hydrogen-bond donors (Lipinski definition) is 0. The van der Waals surface area contributed by atoms with Crippen LogP contribution >= 0.6 is 0 Å². The van der Waals surface area contributed by atoms with Crippen molar-refractivity contribution in [2.45, 2.75) is 33.1 Å². The summed E-state index contributed by atoms with van der Waals surface area (Å²) in [7, 11) is 1.78. The van der Waals surface area contributed by atoms with Crippen LogP contribution < -0.4 is 0 Å². The third-order valence-electron chi connectivity index (χ3n) is 3.95. The van der Waals surface area contributed by atoms with Crippen molar-refractivity contribution >= 4 is 5.91 Å². The van der Waals surface area contributed by atoms with Gasteiger partial charge in [0.2, 0.25) is 5.91 Å². The third-order valence-corrected chi connectivity index (χ3v) is 3.95. The Balaban J connectivity index is 1.98. The van der Waals surface area contributed by atoms with Gasteiger partial charge in [0.15, 0.2) is 5.82 Å². The van der Waals surface area contributed by atoms with Crippen molar-refractivity contribution < 1.29 is 13.7 Å². The van der Waals surface area contributed by atoms with Gasteiger partial charge in [0.05, 0.1) is 5.56 Å². The average molecular weight is 319 g/mol. The molecule has 0 bridgehead atoms. The molecule has 6 heteroatoms. The number of halogens is 1. The molecule has 5 nitrogen and oxygen atoms in total. The van der Waals surface area contributed by atoms with Gasteiger partial charge < -0.3 is 9.42 Å². The Morgan fingerprint density at radius 1 is 1.30 bits per heavy atom. The zero-order chi connectivity index (χ0) is 16.8. The molecule has 23 heavy (non-hydrogen) atoms. The van der Waals surface area contributed by atoms with Gasteiger partial charge in [0.1, 0.15) is 5.82 Å². The minimum atomic E-state index is -0.399. The molecule has 2 rings (SSSR count). The molecule has 0 saturated heterocycles. The van der Waals surface area contributed by atoms with E-state index in [0.717, 1.165) is 12.8 Å². The summed E-state index contributed by atoms with van der Waals surface area (Å²) in [5, 5.41) is 3.86. The standard InChI is InChI=1S/C17H22FN3O2/c1-4-12(5-2)17(22)21(3)11-10-15-19-16(23-20-15)13-8-6-7-9-14(13)18/h6-9,12H,4-5,10-11H2,1-3H3. The predicted octanol–water partition coefficient (Wildman–Crippen LogP) is 3.31. The molecule has 0 spiro atoms. The molecule has 0 radical (unpaired) electrons. The van der Waals surface area contributed by atoms with Crippen LogP contribution in [-0.4, -0.2) is 34.5 Å². The maximum atomic E-state index is 13.7. The minimum absolute atomic E-state index is 0.0549. The SMILES string of the molecule is CCC(CC)C(=O)N(C)CCc1noc(-c2ccccc2F)n1. The lowest BCUT2D eigenvalue weighted by Gasteiger charge is -2.21. The molecule has 0 unspecified atom stereocenters. The first-order chi connectivity index (χ1) is 11.1. The van der Waals surface area contributed by atoms with Crippen LogP contribution in [0.3, 0.4) is 0 Å². The number of likely N-dealkylation sites (N-methyl/N-ethyl adjacent to an activating group) is 1. The van der Waals surface area contributed by atoms with Gasteiger partial charge >= 0.3 is 0 Å². The van der Waals surface area contributed by atoms with Gasteiger partial charge in [-0.25, -0.2) is 4.39 Å². The van der Waals surface area contributed by atoms with E-state index in [1.54, 1.807) is 30.1 Å². The Morgan fingerprint density at radius 3 is 2.65 bits per heavy atom. The maximum absolute atomic E-state index is 13.7. The Morgan fingerprint density at radius 2 is 2.00 bits per heavy atom. The Bertz CT molecular complexity index is 653. The number of nitrogens with zero attached hydrogens (tertiary/aromatic N) is 3. The highest BCUT2D eigenvalue weighted by Gasteiger charge is 2.19. The van der Waals surface area contributed by atoms with E-state index < -0.39 is 5.82 Å². The second kappa shape index (κ2) is 7.85. The van der Waals surface area contributed by atoms with E-state index in [0.29, 0.717) is 18.8 Å². The Labute approximate surface area is 135 Å². The fourth-order valence-corrected chi connectivity index (χ4v) is 2.43. The summed E-state index contributed by atoms with van der Waals surface area (Å²) < 4.78 is 18.8. The molecule has 1 aromatic carbocycles. The molecule has 0 N–H and O–H groups in total. The highest BCUT2D eigenvalue weighted by molar-refractivity contribution is 5.78. The Hall–Kier alpha value is -2.24. The van der Waals surface area contributed by atoms with Crippen molar-refractivity contribution in [3.63, 3.8) is 0 Å². The van der Waals surface area contributed by atoms with Crippen LogP contribution in [0.2, 0.25) is 0 Å². The first kappa shape index (κ1) is 17.1. The number of amides is 1. The van der Waals surface area contributed by atoms with Crippen LogP contribution in [0.4, 0.5) is 4.39 Å². The van der Waals surface area contributed by atoms with E-state index in [9.17, 15) is 9.18 Å². The van der Waals surface area contributed by atoms with Crippen molar-refractivity contribution in [1.29, 1.82) is 0 Å². The molecule has 1 aromatic heterocycles. The average Bonchev–Trinajstić information content (AvgIpc) is 3.02. The van der Waals surface area contributed by atoms with Gasteiger partial charge in [-0.05, 0) is 25.0 Å². The number of carbonyl (C=O) groups is 1. The molecule has 2 aromatic rings. The van der Waals surface area contributed by atoms with Gasteiger partial charge in [0, 0.05) is 25.9 Å². The van der Waals surface area contributed by atoms with Crippen molar-refractivity contribution in [1.82, 2.24) is 15.0 Å². The molecule has 0 aliphatic heterocycles. The molecule has 1 amide bonds. The summed E-state index contributed by atoms with van der Waals surface area (Å²) >= 11 is 0. The number of rotatable bonds is 7. The number of benzene rings is 1. The van der Waals surface area contributed by atoms with E-state index in [1.807, 2.05) is 13.8 Å². The molecule has 124 valence electrons. The van der Waals surface area contributed by atoms with E-state index in [1.165, 1.54) is 6.07 Å². The molecule has 1 heterocycles. The largest absolute Gasteiger partial charge is 0.345 e. The van der Waals surface area contributed by atoms with E-state index >= 15 is 0 Å². The second-order valence-electron chi connectivity index (χ2n) is 5.52. The smallest absolute Gasteiger partial charge is 0.260 e. The predicted molar refractivity (Wildman–Crippen MR) is 85.1 cm³/mol. The van der Waals surface area contributed by atoms with E-state index in [-0.39, 0.29) is 23.3 Å². The van der Waals surface area contributed by atoms with Crippen molar-refractivity contribution in [2.24, 2.45) is 5.92 Å². The van der Waals surface area contributed by atoms with E-state index in [4.69, 9.17) is 4.52 Å². The van der Waals surface area contributed by atoms with Crippen LogP contribution in [0.5, 0.6) is 0 Å². The number of aromatic nitrogens is 2. The van der Waals surface area contributed by atoms with E-state index in [2.05, 4.69) is 10.1 Å². The lowest BCUT2D eigenvalue weighted by atomic mass is 10.0. The van der Waals surface area contributed by atoms with Crippen LogP contribution in [0.1, 0.15) is 32.5 Å². The molecular formula is C17H22FN3O2. The highest BCUT2D eigenvalue weighted by atomic mass is 19.1. The van der Waals surface area contributed by atoms with Crippen LogP contribution in [0.25, 0.3) is 11.5 Å². The van der Waals surface area contributed by atoms with Crippen LogP contribution in [0, 0.1) is 11.7 Å². The zero-order valence-electron chi connectivity index (χ0n) is 13.8. The second-order valence-corrected chi connectivity index (χ2v) is 5.52. The van der Waals surface area contributed by atoms with Gasteiger partial charge in [-0.2, -0.15) is 4.98 Å². The maximum Gasteiger partial charge on any atom is 0.260 e. The third kappa shape index (κ3) is 4.15. The lowest BCUT2D eigenvalue weighted by Crippen LogP contribution is -2.34. The molecule has 0 saturated carbocycles. The lowest BCUT2D eigenvalue weighted by molar-refractivity contribution is -0.134. The first-order valence-electron chi connectivity index (χ1n) is 7.89. The fraction of sp³-hybridized carbons (Fsp3) is 0.471. The van der Waals surface area contributed by atoms with Gasteiger partial charge in [0.25, 0.3) is 5.89 Å². The molecule has 0 fully saturated rings. The van der Waals surface area contributed by atoms with Crippen molar-refractivity contribution in [3.8, 4) is 11.5 Å². The summed E-state index contributed by atoms with van der Waals surface area (Å²) in [5.41, 5.74) is 0.285. The normalized spacial score (nSPS) is 11.0. The topological polar surface area (TPSA) is 59.2 Å². The fourth-order valence-electron chi connectivity index (χ4n) is 2.43. The van der Waals surface area contributed by atoms with Crippen molar-refractivity contribution in [3.05, 3.63) is 35.9 Å². The quantitative estimate of drug-likeness (QED) is 0.785. The van der Waals surface area contributed by atoms with Gasteiger partial charge in [-0.15, -0.1) is 0 Å². The Kier molecular flexibility index (Phi) is 5.84.